The summed E-state index contributed by atoms with van der Waals surface area (Å²) in [6.45, 7) is 6.26. The molecule has 5 heteroatoms. The van der Waals surface area contributed by atoms with E-state index in [9.17, 15) is 4.79 Å². The molecule has 1 saturated heterocycles. The predicted molar refractivity (Wildman–Crippen MR) is 83.7 cm³/mol. The molecular formula is C16H25N3O2. The number of amides is 1. The lowest BCUT2D eigenvalue weighted by atomic mass is 10.1. The van der Waals surface area contributed by atoms with Gasteiger partial charge < -0.3 is 15.0 Å². The Balaban J connectivity index is 2.08. The molecule has 1 unspecified atom stereocenters. The second kappa shape index (κ2) is 7.41. The summed E-state index contributed by atoms with van der Waals surface area (Å²) in [6, 6.07) is 1.91. The van der Waals surface area contributed by atoms with E-state index in [4.69, 9.17) is 4.74 Å². The molecule has 1 N–H and O–H groups in total. The fraction of sp³-hybridized carbons (Fsp3) is 0.625. The summed E-state index contributed by atoms with van der Waals surface area (Å²) in [4.78, 5) is 18.8. The van der Waals surface area contributed by atoms with E-state index in [1.54, 1.807) is 6.20 Å². The van der Waals surface area contributed by atoms with E-state index in [0.29, 0.717) is 12.1 Å². The Labute approximate surface area is 126 Å². The molecule has 0 aromatic carbocycles. The summed E-state index contributed by atoms with van der Waals surface area (Å²) in [7, 11) is 1.83. The highest BCUT2D eigenvalue weighted by atomic mass is 16.5. The average Bonchev–Trinajstić information content (AvgIpc) is 2.52. The third kappa shape index (κ3) is 3.94. The van der Waals surface area contributed by atoms with Crippen LogP contribution in [-0.2, 0) is 4.74 Å². The van der Waals surface area contributed by atoms with Crippen LogP contribution in [0.25, 0.3) is 0 Å². The van der Waals surface area contributed by atoms with Gasteiger partial charge in [0.25, 0.3) is 5.91 Å². The Morgan fingerprint density at radius 1 is 1.57 bits per heavy atom. The first-order valence-electron chi connectivity index (χ1n) is 7.71. The van der Waals surface area contributed by atoms with Crippen LogP contribution in [0, 0.1) is 6.92 Å². The standard InChI is InChI=1S/C16H25N3O2/c1-4-8-21-13-6-5-7-19(11-13)16(20)14-10-18-12(2)9-15(14)17-3/h9-10,13H,4-8,11H2,1-3H3,(H,17,18). The molecule has 0 spiro atoms. The highest BCUT2D eigenvalue weighted by molar-refractivity contribution is 5.99. The van der Waals surface area contributed by atoms with Crippen molar-refractivity contribution >= 4 is 11.6 Å². The molecule has 116 valence electrons. The first-order chi connectivity index (χ1) is 10.2. The van der Waals surface area contributed by atoms with Crippen molar-refractivity contribution in [1.82, 2.24) is 9.88 Å². The third-order valence-electron chi connectivity index (χ3n) is 3.76. The zero-order valence-corrected chi connectivity index (χ0v) is 13.2. The highest BCUT2D eigenvalue weighted by Gasteiger charge is 2.26. The number of nitrogens with zero attached hydrogens (tertiary/aromatic N) is 2. The van der Waals surface area contributed by atoms with Crippen LogP contribution in [0.3, 0.4) is 0 Å². The Bertz CT molecular complexity index is 490. The molecule has 1 aliphatic rings. The number of carbonyl (C=O) groups excluding carboxylic acids is 1. The maximum Gasteiger partial charge on any atom is 0.257 e. The molecule has 0 bridgehead atoms. The van der Waals surface area contributed by atoms with Gasteiger partial charge in [-0.15, -0.1) is 0 Å². The second-order valence-electron chi connectivity index (χ2n) is 5.51. The number of carbonyl (C=O) groups is 1. The molecule has 1 aliphatic heterocycles. The van der Waals surface area contributed by atoms with E-state index in [2.05, 4.69) is 17.2 Å². The predicted octanol–water partition coefficient (Wildman–Crippen LogP) is 2.46. The lowest BCUT2D eigenvalue weighted by Crippen LogP contribution is -2.43. The molecule has 0 aliphatic carbocycles. The minimum atomic E-state index is 0.0386. The van der Waals surface area contributed by atoms with Crippen molar-refractivity contribution in [2.75, 3.05) is 32.1 Å². The van der Waals surface area contributed by atoms with Gasteiger partial charge in [-0.1, -0.05) is 6.92 Å². The van der Waals surface area contributed by atoms with Crippen molar-refractivity contribution < 1.29 is 9.53 Å². The summed E-state index contributed by atoms with van der Waals surface area (Å²) in [6.07, 6.45) is 4.87. The van der Waals surface area contributed by atoms with Gasteiger partial charge in [-0.3, -0.25) is 9.78 Å². The number of likely N-dealkylation sites (tertiary alicyclic amines) is 1. The van der Waals surface area contributed by atoms with Gasteiger partial charge in [-0.25, -0.2) is 0 Å². The van der Waals surface area contributed by atoms with Gasteiger partial charge in [0, 0.05) is 38.6 Å². The van der Waals surface area contributed by atoms with Crippen molar-refractivity contribution in [3.8, 4) is 0 Å². The summed E-state index contributed by atoms with van der Waals surface area (Å²) in [5, 5.41) is 3.08. The molecule has 2 heterocycles. The fourth-order valence-electron chi connectivity index (χ4n) is 2.65. The van der Waals surface area contributed by atoms with E-state index in [0.717, 1.165) is 43.8 Å². The van der Waals surface area contributed by atoms with Crippen LogP contribution in [0.2, 0.25) is 0 Å². The molecule has 0 radical (unpaired) electrons. The maximum absolute atomic E-state index is 12.7. The van der Waals surface area contributed by atoms with Gasteiger partial charge >= 0.3 is 0 Å². The number of rotatable bonds is 5. The molecule has 1 atom stereocenters. The Morgan fingerprint density at radius 2 is 2.38 bits per heavy atom. The van der Waals surface area contributed by atoms with Crippen LogP contribution in [0.15, 0.2) is 12.3 Å². The van der Waals surface area contributed by atoms with Crippen molar-refractivity contribution in [1.29, 1.82) is 0 Å². The van der Waals surface area contributed by atoms with Crippen molar-refractivity contribution in [2.24, 2.45) is 0 Å². The molecule has 1 amide bonds. The third-order valence-corrected chi connectivity index (χ3v) is 3.76. The number of aryl methyl sites for hydroxylation is 1. The molecule has 1 fully saturated rings. The smallest absolute Gasteiger partial charge is 0.257 e. The first-order valence-corrected chi connectivity index (χ1v) is 7.71. The van der Waals surface area contributed by atoms with Gasteiger partial charge in [-0.05, 0) is 32.3 Å². The normalized spacial score (nSPS) is 18.6. The summed E-state index contributed by atoms with van der Waals surface area (Å²) in [5.41, 5.74) is 2.38. The van der Waals surface area contributed by atoms with E-state index >= 15 is 0 Å². The SMILES string of the molecule is CCCOC1CCCN(C(=O)c2cnc(C)cc2NC)C1. The molecular weight excluding hydrogens is 266 g/mol. The van der Waals surface area contributed by atoms with E-state index in [1.165, 1.54) is 0 Å². The fourth-order valence-corrected chi connectivity index (χ4v) is 2.65. The second-order valence-corrected chi connectivity index (χ2v) is 5.51. The number of ether oxygens (including phenoxy) is 1. The molecule has 1 aromatic rings. The highest BCUT2D eigenvalue weighted by Crippen LogP contribution is 2.21. The number of hydrogen-bond donors (Lipinski definition) is 1. The molecule has 2 rings (SSSR count). The molecule has 5 nitrogen and oxygen atoms in total. The number of hydrogen-bond acceptors (Lipinski definition) is 4. The van der Waals surface area contributed by atoms with Gasteiger partial charge in [0.2, 0.25) is 0 Å². The van der Waals surface area contributed by atoms with Crippen LogP contribution in [0.4, 0.5) is 5.69 Å². The van der Waals surface area contributed by atoms with Gasteiger partial charge in [0.1, 0.15) is 0 Å². The van der Waals surface area contributed by atoms with Crippen LogP contribution < -0.4 is 5.32 Å². The maximum atomic E-state index is 12.7. The first kappa shape index (κ1) is 15.8. The number of pyridine rings is 1. The lowest BCUT2D eigenvalue weighted by Gasteiger charge is -2.33. The molecule has 21 heavy (non-hydrogen) atoms. The zero-order chi connectivity index (χ0) is 15.2. The molecule has 1 aromatic heterocycles. The molecule has 0 saturated carbocycles. The topological polar surface area (TPSA) is 54.5 Å². The summed E-state index contributed by atoms with van der Waals surface area (Å²) < 4.78 is 5.80. The van der Waals surface area contributed by atoms with Gasteiger partial charge in [-0.2, -0.15) is 0 Å². The minimum absolute atomic E-state index is 0.0386. The monoisotopic (exact) mass is 291 g/mol. The van der Waals surface area contributed by atoms with Crippen LogP contribution in [0.1, 0.15) is 42.2 Å². The van der Waals surface area contributed by atoms with Crippen LogP contribution in [0.5, 0.6) is 0 Å². The quantitative estimate of drug-likeness (QED) is 0.905. The van der Waals surface area contributed by atoms with E-state index in [1.807, 2.05) is 24.9 Å². The number of anilines is 1. The van der Waals surface area contributed by atoms with Crippen molar-refractivity contribution in [3.05, 3.63) is 23.5 Å². The summed E-state index contributed by atoms with van der Waals surface area (Å²) >= 11 is 0. The zero-order valence-electron chi connectivity index (χ0n) is 13.2. The average molecular weight is 291 g/mol. The minimum Gasteiger partial charge on any atom is -0.387 e. The number of piperidine rings is 1. The Morgan fingerprint density at radius 3 is 3.10 bits per heavy atom. The summed E-state index contributed by atoms with van der Waals surface area (Å²) in [5.74, 6) is 0.0386. The van der Waals surface area contributed by atoms with E-state index < -0.39 is 0 Å². The van der Waals surface area contributed by atoms with E-state index in [-0.39, 0.29) is 12.0 Å². The number of aromatic nitrogens is 1. The Hall–Kier alpha value is -1.62. The lowest BCUT2D eigenvalue weighted by molar-refractivity contribution is 0.00213. The van der Waals surface area contributed by atoms with Crippen LogP contribution >= 0.6 is 0 Å². The number of nitrogens with one attached hydrogen (secondary N) is 1. The van der Waals surface area contributed by atoms with Crippen molar-refractivity contribution in [3.63, 3.8) is 0 Å². The van der Waals surface area contributed by atoms with Gasteiger partial charge in [0.15, 0.2) is 0 Å². The van der Waals surface area contributed by atoms with Crippen LogP contribution in [-0.4, -0.2) is 48.6 Å². The Kier molecular flexibility index (Phi) is 5.56. The van der Waals surface area contributed by atoms with Gasteiger partial charge in [0.05, 0.1) is 17.4 Å². The largest absolute Gasteiger partial charge is 0.387 e. The van der Waals surface area contributed by atoms with Crippen molar-refractivity contribution in [2.45, 2.75) is 39.2 Å².